The molecule has 0 saturated heterocycles. The molecule has 1 rings (SSSR count). The molecule has 0 bridgehead atoms. The van der Waals surface area contributed by atoms with Gasteiger partial charge in [0.25, 0.3) is 0 Å². The van der Waals surface area contributed by atoms with Gasteiger partial charge in [0.15, 0.2) is 0 Å². The first-order valence-corrected chi connectivity index (χ1v) is 7.72. The number of hydrogen-bond acceptors (Lipinski definition) is 3. The maximum Gasteiger partial charge on any atom is 0.127 e. The van der Waals surface area contributed by atoms with Gasteiger partial charge >= 0.3 is 0 Å². The molecule has 0 radical (unpaired) electrons. The molecule has 3 heteroatoms. The largest absolute Gasteiger partial charge is 0.497 e. The Morgan fingerprint density at radius 2 is 1.85 bits per heavy atom. The highest BCUT2D eigenvalue weighted by atomic mass is 16.5. The van der Waals surface area contributed by atoms with Crippen LogP contribution >= 0.6 is 0 Å². The lowest BCUT2D eigenvalue weighted by atomic mass is 9.99. The minimum atomic E-state index is 0.359. The van der Waals surface area contributed by atoms with Gasteiger partial charge in [-0.05, 0) is 19.0 Å². The summed E-state index contributed by atoms with van der Waals surface area (Å²) in [5, 5.41) is 3.57. The Bertz CT molecular complexity index is 379. The Hall–Kier alpha value is -1.22. The fourth-order valence-corrected chi connectivity index (χ4v) is 2.50. The number of methoxy groups -OCH3 is 2. The second-order valence-corrected chi connectivity index (χ2v) is 5.07. The molecule has 3 nitrogen and oxygen atoms in total. The minimum absolute atomic E-state index is 0.359. The van der Waals surface area contributed by atoms with Crippen LogP contribution in [-0.2, 0) is 0 Å². The summed E-state index contributed by atoms with van der Waals surface area (Å²) in [5.41, 5.74) is 1.23. The molecule has 1 aromatic rings. The lowest BCUT2D eigenvalue weighted by Crippen LogP contribution is -2.21. The van der Waals surface area contributed by atoms with Crippen LogP contribution in [0.4, 0.5) is 0 Å². The van der Waals surface area contributed by atoms with Crippen LogP contribution in [0.1, 0.15) is 57.6 Å². The normalized spacial score (nSPS) is 12.2. The zero-order valence-corrected chi connectivity index (χ0v) is 13.4. The summed E-state index contributed by atoms with van der Waals surface area (Å²) >= 11 is 0. The Morgan fingerprint density at radius 1 is 1.05 bits per heavy atom. The topological polar surface area (TPSA) is 30.5 Å². The molecule has 1 N–H and O–H groups in total. The van der Waals surface area contributed by atoms with Crippen LogP contribution in [0.25, 0.3) is 0 Å². The van der Waals surface area contributed by atoms with Gasteiger partial charge in [-0.2, -0.15) is 0 Å². The summed E-state index contributed by atoms with van der Waals surface area (Å²) in [5.74, 6) is 1.75. The lowest BCUT2D eigenvalue weighted by Gasteiger charge is -2.21. The molecule has 0 aromatic heterocycles. The van der Waals surface area contributed by atoms with Crippen LogP contribution in [0.2, 0.25) is 0 Å². The van der Waals surface area contributed by atoms with Crippen molar-refractivity contribution in [2.45, 2.75) is 52.0 Å². The summed E-state index contributed by atoms with van der Waals surface area (Å²) in [6, 6.07) is 6.45. The molecule has 1 atom stereocenters. The van der Waals surface area contributed by atoms with Crippen molar-refractivity contribution in [3.63, 3.8) is 0 Å². The molecule has 0 saturated carbocycles. The molecule has 0 fully saturated rings. The summed E-state index contributed by atoms with van der Waals surface area (Å²) < 4.78 is 10.8. The summed E-state index contributed by atoms with van der Waals surface area (Å²) in [7, 11) is 3.40. The summed E-state index contributed by atoms with van der Waals surface area (Å²) in [6.45, 7) is 5.36. The highest BCUT2D eigenvalue weighted by Gasteiger charge is 2.15. The smallest absolute Gasteiger partial charge is 0.127 e. The molecule has 0 aliphatic carbocycles. The molecule has 0 spiro atoms. The molecule has 0 heterocycles. The van der Waals surface area contributed by atoms with E-state index in [-0.39, 0.29) is 0 Å². The van der Waals surface area contributed by atoms with Crippen molar-refractivity contribution < 1.29 is 9.47 Å². The highest BCUT2D eigenvalue weighted by Crippen LogP contribution is 2.32. The Morgan fingerprint density at radius 3 is 2.45 bits per heavy atom. The first kappa shape index (κ1) is 16.8. The number of hydrogen-bond donors (Lipinski definition) is 1. The van der Waals surface area contributed by atoms with E-state index in [4.69, 9.17) is 9.47 Å². The number of unbranched alkanes of at least 4 members (excludes halogenated alkanes) is 3. The van der Waals surface area contributed by atoms with E-state index in [2.05, 4.69) is 25.2 Å². The van der Waals surface area contributed by atoms with Crippen LogP contribution in [-0.4, -0.2) is 20.8 Å². The molecule has 1 aromatic carbocycles. The van der Waals surface area contributed by atoms with Crippen LogP contribution in [0.3, 0.4) is 0 Å². The Labute approximate surface area is 123 Å². The number of benzene rings is 1. The molecular formula is C17H29NO2. The van der Waals surface area contributed by atoms with Crippen LogP contribution < -0.4 is 14.8 Å². The molecular weight excluding hydrogens is 250 g/mol. The predicted molar refractivity (Wildman–Crippen MR) is 84.7 cm³/mol. The number of nitrogens with one attached hydrogen (secondary N) is 1. The monoisotopic (exact) mass is 279 g/mol. The van der Waals surface area contributed by atoms with Crippen LogP contribution in [0.5, 0.6) is 11.5 Å². The summed E-state index contributed by atoms with van der Waals surface area (Å²) in [4.78, 5) is 0. The molecule has 0 aliphatic rings. The average molecular weight is 279 g/mol. The van der Waals surface area contributed by atoms with E-state index in [1.807, 2.05) is 12.1 Å². The predicted octanol–water partition coefficient (Wildman–Crippen LogP) is 4.32. The Balaban J connectivity index is 2.78. The first-order chi connectivity index (χ1) is 9.76. The van der Waals surface area contributed by atoms with Crippen LogP contribution in [0, 0.1) is 0 Å². The van der Waals surface area contributed by atoms with Crippen molar-refractivity contribution in [3.05, 3.63) is 23.8 Å². The first-order valence-electron chi connectivity index (χ1n) is 7.72. The van der Waals surface area contributed by atoms with Gasteiger partial charge in [0.05, 0.1) is 14.2 Å². The quantitative estimate of drug-likeness (QED) is 0.647. The fourth-order valence-electron chi connectivity index (χ4n) is 2.50. The third-order valence-electron chi connectivity index (χ3n) is 3.61. The van der Waals surface area contributed by atoms with Gasteiger partial charge in [-0.3, -0.25) is 0 Å². The zero-order valence-electron chi connectivity index (χ0n) is 13.4. The van der Waals surface area contributed by atoms with E-state index >= 15 is 0 Å². The second kappa shape index (κ2) is 9.65. The van der Waals surface area contributed by atoms with E-state index in [0.29, 0.717) is 6.04 Å². The van der Waals surface area contributed by atoms with Crippen molar-refractivity contribution in [2.24, 2.45) is 0 Å². The minimum Gasteiger partial charge on any atom is -0.497 e. The van der Waals surface area contributed by atoms with Crippen molar-refractivity contribution in [1.82, 2.24) is 5.32 Å². The molecule has 0 amide bonds. The van der Waals surface area contributed by atoms with E-state index < -0.39 is 0 Å². The van der Waals surface area contributed by atoms with Crippen molar-refractivity contribution in [2.75, 3.05) is 20.8 Å². The van der Waals surface area contributed by atoms with Crippen molar-refractivity contribution in [1.29, 1.82) is 0 Å². The second-order valence-electron chi connectivity index (χ2n) is 5.07. The average Bonchev–Trinajstić information content (AvgIpc) is 2.49. The van der Waals surface area contributed by atoms with Crippen LogP contribution in [0.15, 0.2) is 18.2 Å². The van der Waals surface area contributed by atoms with Gasteiger partial charge < -0.3 is 14.8 Å². The molecule has 20 heavy (non-hydrogen) atoms. The van der Waals surface area contributed by atoms with Gasteiger partial charge in [0.2, 0.25) is 0 Å². The van der Waals surface area contributed by atoms with Gasteiger partial charge in [-0.25, -0.2) is 0 Å². The zero-order chi connectivity index (χ0) is 14.8. The van der Waals surface area contributed by atoms with E-state index in [1.165, 1.54) is 31.2 Å². The van der Waals surface area contributed by atoms with Crippen molar-refractivity contribution in [3.8, 4) is 11.5 Å². The van der Waals surface area contributed by atoms with Gasteiger partial charge in [0, 0.05) is 17.7 Å². The SMILES string of the molecule is CCCCCCC(NCC)c1ccc(OC)cc1OC. The highest BCUT2D eigenvalue weighted by molar-refractivity contribution is 5.42. The van der Waals surface area contributed by atoms with E-state index in [9.17, 15) is 0 Å². The maximum atomic E-state index is 5.52. The standard InChI is InChI=1S/C17H29NO2/c1-5-7-8-9-10-16(18-6-2)15-12-11-14(19-3)13-17(15)20-4/h11-13,16,18H,5-10H2,1-4H3. The Kier molecular flexibility index (Phi) is 8.12. The van der Waals surface area contributed by atoms with Gasteiger partial charge in [-0.15, -0.1) is 0 Å². The number of rotatable bonds is 10. The van der Waals surface area contributed by atoms with Gasteiger partial charge in [0.1, 0.15) is 11.5 Å². The molecule has 0 aliphatic heterocycles. The fraction of sp³-hybridized carbons (Fsp3) is 0.647. The van der Waals surface area contributed by atoms with E-state index in [1.54, 1.807) is 14.2 Å². The third kappa shape index (κ3) is 5.04. The van der Waals surface area contributed by atoms with Crippen molar-refractivity contribution >= 4 is 0 Å². The van der Waals surface area contributed by atoms with E-state index in [0.717, 1.165) is 24.5 Å². The third-order valence-corrected chi connectivity index (χ3v) is 3.61. The molecule has 114 valence electrons. The lowest BCUT2D eigenvalue weighted by molar-refractivity contribution is 0.380. The summed E-state index contributed by atoms with van der Waals surface area (Å²) in [6.07, 6.45) is 6.30. The number of ether oxygens (including phenoxy) is 2. The van der Waals surface area contributed by atoms with Gasteiger partial charge in [-0.1, -0.05) is 45.6 Å². The molecule has 1 unspecified atom stereocenters. The maximum absolute atomic E-state index is 5.52.